The third-order valence-corrected chi connectivity index (χ3v) is 7.03. The molecule has 0 aliphatic carbocycles. The molecule has 0 aliphatic heterocycles. The summed E-state index contributed by atoms with van der Waals surface area (Å²) < 4.78 is 127. The second kappa shape index (κ2) is 12.5. The zero-order valence-corrected chi connectivity index (χ0v) is 23.3. The van der Waals surface area contributed by atoms with Crippen LogP contribution in [0, 0.1) is 0 Å². The number of aliphatic hydroxyl groups is 1. The average molecular weight is 622 g/mol. The second-order valence-electron chi connectivity index (χ2n) is 10.3. The molecule has 0 fully saturated rings. The van der Waals surface area contributed by atoms with Gasteiger partial charge in [0.2, 0.25) is 6.41 Å². The van der Waals surface area contributed by atoms with E-state index in [0.717, 1.165) is 29.5 Å². The second-order valence-corrected chi connectivity index (χ2v) is 10.3. The first-order chi connectivity index (χ1) is 19.8. The van der Waals surface area contributed by atoms with E-state index in [1.807, 2.05) is 13.8 Å². The molecule has 0 aromatic heterocycles. The number of aliphatic hydroxyl groups excluding tert-OH is 1. The highest BCUT2D eigenvalue weighted by molar-refractivity contribution is 5.75. The van der Waals surface area contributed by atoms with Crippen molar-refractivity contribution >= 4 is 6.41 Å². The van der Waals surface area contributed by atoms with Crippen LogP contribution in [0.1, 0.15) is 66.2 Å². The van der Waals surface area contributed by atoms with E-state index in [2.05, 4.69) is 0 Å². The highest BCUT2D eigenvalue weighted by Gasteiger charge is 2.38. The molecule has 0 aliphatic rings. The van der Waals surface area contributed by atoms with Crippen molar-refractivity contribution in [2.24, 2.45) is 0 Å². The van der Waals surface area contributed by atoms with Crippen LogP contribution in [0.3, 0.4) is 0 Å². The summed E-state index contributed by atoms with van der Waals surface area (Å²) in [5.41, 5.74) is -3.78. The largest absolute Gasteiger partial charge is 0.496 e. The topological polar surface area (TPSA) is 49.8 Å². The summed E-state index contributed by atoms with van der Waals surface area (Å²) in [7, 11) is 1.36. The molecule has 43 heavy (non-hydrogen) atoms. The minimum atomic E-state index is -5.18. The van der Waals surface area contributed by atoms with E-state index in [1.165, 1.54) is 13.2 Å². The summed E-state index contributed by atoms with van der Waals surface area (Å²) in [6, 6.07) is 7.02. The third-order valence-electron chi connectivity index (χ3n) is 7.03. The van der Waals surface area contributed by atoms with Crippen molar-refractivity contribution in [3.05, 3.63) is 88.0 Å². The van der Waals surface area contributed by atoms with E-state index >= 15 is 0 Å². The van der Waals surface area contributed by atoms with Gasteiger partial charge in [0.15, 0.2) is 0 Å². The molecule has 3 aromatic carbocycles. The maximum absolute atomic E-state index is 13.7. The van der Waals surface area contributed by atoms with Crippen molar-refractivity contribution < 1.29 is 54.2 Å². The van der Waals surface area contributed by atoms with Crippen LogP contribution in [0.4, 0.5) is 39.5 Å². The first-order valence-corrected chi connectivity index (χ1v) is 12.8. The highest BCUT2D eigenvalue weighted by Crippen LogP contribution is 2.41. The lowest BCUT2D eigenvalue weighted by molar-refractivity contribution is -0.143. The molecule has 2 atom stereocenters. The van der Waals surface area contributed by atoms with Crippen molar-refractivity contribution in [1.82, 2.24) is 4.90 Å². The van der Waals surface area contributed by atoms with Crippen LogP contribution in [-0.4, -0.2) is 29.6 Å². The Kier molecular flexibility index (Phi) is 9.79. The predicted octanol–water partition coefficient (Wildman–Crippen LogP) is 8.62. The molecule has 3 rings (SSSR count). The first kappa shape index (κ1) is 33.8. The summed E-state index contributed by atoms with van der Waals surface area (Å²) in [5.74, 6) is 0.332. The highest BCUT2D eigenvalue weighted by atomic mass is 19.4. The minimum absolute atomic E-state index is 0.0262. The zero-order valence-electron chi connectivity index (χ0n) is 23.3. The van der Waals surface area contributed by atoms with E-state index in [9.17, 15) is 49.4 Å². The number of hydrogen-bond acceptors (Lipinski definition) is 3. The lowest BCUT2D eigenvalue weighted by Crippen LogP contribution is -2.36. The van der Waals surface area contributed by atoms with Gasteiger partial charge >= 0.3 is 18.5 Å². The van der Waals surface area contributed by atoms with Crippen molar-refractivity contribution in [1.29, 1.82) is 0 Å². The number of carbonyl (C=O) groups is 1. The van der Waals surface area contributed by atoms with Gasteiger partial charge in [0.1, 0.15) is 5.75 Å². The molecule has 4 nitrogen and oxygen atoms in total. The van der Waals surface area contributed by atoms with Gasteiger partial charge in [-0.25, -0.2) is 0 Å². The number of halogens is 9. The van der Waals surface area contributed by atoms with Crippen LogP contribution in [-0.2, 0) is 29.9 Å². The average Bonchev–Trinajstić information content (AvgIpc) is 2.92. The van der Waals surface area contributed by atoms with Crippen LogP contribution in [0.25, 0.3) is 11.1 Å². The molecule has 0 bridgehead atoms. The molecule has 0 saturated heterocycles. The predicted molar refractivity (Wildman–Crippen MR) is 140 cm³/mol. The third kappa shape index (κ3) is 7.81. The number of alkyl halides is 9. The minimum Gasteiger partial charge on any atom is -0.496 e. The molecule has 1 amide bonds. The number of nitrogens with zero attached hydrogens (tertiary/aromatic N) is 1. The first-order valence-electron chi connectivity index (χ1n) is 12.8. The van der Waals surface area contributed by atoms with Crippen LogP contribution in [0.15, 0.2) is 54.6 Å². The summed E-state index contributed by atoms with van der Waals surface area (Å²) in [6.07, 6.45) is -17.1. The number of hydrogen-bond donors (Lipinski definition) is 1. The maximum Gasteiger partial charge on any atom is 0.416 e. The molecular formula is C30H28F9NO3. The molecule has 13 heteroatoms. The lowest BCUT2D eigenvalue weighted by Gasteiger charge is -2.31. The van der Waals surface area contributed by atoms with Crippen LogP contribution < -0.4 is 4.74 Å². The van der Waals surface area contributed by atoms with Crippen molar-refractivity contribution in [3.63, 3.8) is 0 Å². The fourth-order valence-corrected chi connectivity index (χ4v) is 4.54. The lowest BCUT2D eigenvalue weighted by atomic mass is 9.92. The van der Waals surface area contributed by atoms with Crippen LogP contribution in [0.5, 0.6) is 5.75 Å². The Morgan fingerprint density at radius 1 is 0.744 bits per heavy atom. The Hall–Kier alpha value is -3.74. The zero-order chi connectivity index (χ0) is 32.5. The molecule has 0 spiro atoms. The molecule has 0 saturated carbocycles. The summed E-state index contributed by atoms with van der Waals surface area (Å²) in [6.45, 7) is 4.36. The summed E-state index contributed by atoms with van der Waals surface area (Å²) in [4.78, 5) is 12.9. The summed E-state index contributed by atoms with van der Waals surface area (Å²) in [5, 5.41) is 10.9. The molecule has 1 N–H and O–H groups in total. The fourth-order valence-electron chi connectivity index (χ4n) is 4.54. The van der Waals surface area contributed by atoms with Gasteiger partial charge in [-0.2, -0.15) is 39.5 Å². The van der Waals surface area contributed by atoms with E-state index in [-0.39, 0.29) is 29.5 Å². The quantitative estimate of drug-likeness (QED) is 0.192. The molecular weight excluding hydrogens is 593 g/mol. The van der Waals surface area contributed by atoms with Gasteiger partial charge in [0, 0.05) is 12.1 Å². The smallest absolute Gasteiger partial charge is 0.416 e. The van der Waals surface area contributed by atoms with Crippen molar-refractivity contribution in [3.8, 4) is 16.9 Å². The number of methoxy groups -OCH3 is 1. The fraction of sp³-hybridized carbons (Fsp3) is 0.367. The number of rotatable bonds is 9. The normalized spacial score (nSPS) is 14.0. The van der Waals surface area contributed by atoms with Crippen molar-refractivity contribution in [2.75, 3.05) is 7.11 Å². The van der Waals surface area contributed by atoms with Gasteiger partial charge in [-0.1, -0.05) is 26.0 Å². The maximum atomic E-state index is 13.7. The van der Waals surface area contributed by atoms with E-state index in [4.69, 9.17) is 4.74 Å². The van der Waals surface area contributed by atoms with Crippen LogP contribution in [0.2, 0.25) is 0 Å². The number of carbonyl (C=O) groups excluding carboxylic acids is 1. The Morgan fingerprint density at radius 2 is 1.30 bits per heavy atom. The van der Waals surface area contributed by atoms with E-state index < -0.39 is 59.5 Å². The number of ether oxygens (including phenoxy) is 1. The Labute approximate surface area is 241 Å². The van der Waals surface area contributed by atoms with Crippen LogP contribution >= 0.6 is 0 Å². The Bertz CT molecular complexity index is 1410. The molecule has 234 valence electrons. The monoisotopic (exact) mass is 621 g/mol. The van der Waals surface area contributed by atoms with Crippen molar-refractivity contribution in [2.45, 2.75) is 63.9 Å². The number of benzene rings is 3. The molecule has 0 radical (unpaired) electrons. The van der Waals surface area contributed by atoms with E-state index in [1.54, 1.807) is 18.2 Å². The SMILES string of the molecule is COc1ccc(C(C)C)cc1-c1ccc(C(F)(F)F)cc1CN(C=O)[C@@H](C)[C@H](O)c1cc(C(F)(F)F)cc(C(F)(F)F)c1. The Morgan fingerprint density at radius 3 is 1.77 bits per heavy atom. The molecule has 0 unspecified atom stereocenters. The summed E-state index contributed by atoms with van der Waals surface area (Å²) >= 11 is 0. The van der Waals surface area contributed by atoms with Gasteiger partial charge in [-0.05, 0) is 77.6 Å². The molecule has 3 aromatic rings. The Balaban J connectivity index is 2.12. The van der Waals surface area contributed by atoms with Gasteiger partial charge in [0.25, 0.3) is 0 Å². The molecule has 0 heterocycles. The van der Waals surface area contributed by atoms with Gasteiger partial charge < -0.3 is 14.7 Å². The van der Waals surface area contributed by atoms with Gasteiger partial charge in [-0.3, -0.25) is 4.79 Å². The van der Waals surface area contributed by atoms with E-state index in [0.29, 0.717) is 23.4 Å². The standard InChI is InChI=1S/C30H28F9NO3/c1-16(2)18-5-8-26(43-4)25(12-18)24-7-6-21(28(31,32)33)11-20(24)14-40(15-41)17(3)27(42)19-9-22(29(34,35)36)13-23(10-19)30(37,38)39/h5-13,15-17,27,42H,14H2,1-4H3/t17-,27-/m0/s1. The number of amides is 1. The van der Waals surface area contributed by atoms with Gasteiger partial charge in [0.05, 0.1) is 35.9 Å². The van der Waals surface area contributed by atoms with Gasteiger partial charge in [-0.15, -0.1) is 0 Å².